The van der Waals surface area contributed by atoms with Crippen LogP contribution in [0.5, 0.6) is 0 Å². The average molecular weight is 275 g/mol. The first-order chi connectivity index (χ1) is 9.75. The van der Waals surface area contributed by atoms with Gasteiger partial charge >= 0.3 is 0 Å². The molecule has 2 fully saturated rings. The summed E-state index contributed by atoms with van der Waals surface area (Å²) < 4.78 is 5.38. The third-order valence-corrected chi connectivity index (χ3v) is 4.00. The number of morpholine rings is 1. The van der Waals surface area contributed by atoms with Gasteiger partial charge < -0.3 is 20.3 Å². The van der Waals surface area contributed by atoms with Gasteiger partial charge in [-0.05, 0) is 18.6 Å². The molecule has 1 amide bonds. The molecule has 5 heteroatoms. The van der Waals surface area contributed by atoms with Crippen LogP contribution in [0.4, 0.5) is 5.69 Å². The number of carbonyl (C=O) groups is 1. The van der Waals surface area contributed by atoms with Crippen molar-refractivity contribution in [2.75, 3.05) is 44.3 Å². The summed E-state index contributed by atoms with van der Waals surface area (Å²) in [5.41, 5.74) is 7.70. The molecule has 1 unspecified atom stereocenters. The van der Waals surface area contributed by atoms with Crippen molar-refractivity contribution in [3.05, 3.63) is 29.8 Å². The first-order valence-corrected chi connectivity index (χ1v) is 7.22. The molecule has 2 N–H and O–H groups in total. The lowest BCUT2D eigenvalue weighted by atomic mass is 10.1. The van der Waals surface area contributed by atoms with Gasteiger partial charge in [0.2, 0.25) is 0 Å². The SMILES string of the molecule is NC1CCN(C(=O)c2ccccc2N2CCOCC2)C1. The maximum absolute atomic E-state index is 12.7. The van der Waals surface area contributed by atoms with Crippen molar-refractivity contribution in [3.8, 4) is 0 Å². The maximum atomic E-state index is 12.7. The van der Waals surface area contributed by atoms with Crippen LogP contribution < -0.4 is 10.6 Å². The highest BCUT2D eigenvalue weighted by Crippen LogP contribution is 2.24. The van der Waals surface area contributed by atoms with E-state index in [1.54, 1.807) is 0 Å². The van der Waals surface area contributed by atoms with E-state index in [1.165, 1.54) is 0 Å². The summed E-state index contributed by atoms with van der Waals surface area (Å²) in [7, 11) is 0. The molecule has 108 valence electrons. The minimum Gasteiger partial charge on any atom is -0.378 e. The summed E-state index contributed by atoms with van der Waals surface area (Å²) in [5.74, 6) is 0.0973. The van der Waals surface area contributed by atoms with E-state index in [1.807, 2.05) is 29.2 Å². The summed E-state index contributed by atoms with van der Waals surface area (Å²) >= 11 is 0. The van der Waals surface area contributed by atoms with Crippen LogP contribution in [0.15, 0.2) is 24.3 Å². The van der Waals surface area contributed by atoms with Gasteiger partial charge in [-0.2, -0.15) is 0 Å². The van der Waals surface area contributed by atoms with Crippen molar-refractivity contribution >= 4 is 11.6 Å². The van der Waals surface area contributed by atoms with Crippen molar-refractivity contribution in [1.82, 2.24) is 4.90 Å². The smallest absolute Gasteiger partial charge is 0.256 e. The zero-order chi connectivity index (χ0) is 13.9. The number of benzene rings is 1. The third-order valence-electron chi connectivity index (χ3n) is 4.00. The highest BCUT2D eigenvalue weighted by atomic mass is 16.5. The Morgan fingerprint density at radius 2 is 1.95 bits per heavy atom. The Hall–Kier alpha value is -1.59. The molecule has 2 aliphatic rings. The fraction of sp³-hybridized carbons (Fsp3) is 0.533. The van der Waals surface area contributed by atoms with Crippen LogP contribution in [-0.4, -0.2) is 56.2 Å². The van der Waals surface area contributed by atoms with Gasteiger partial charge in [0.1, 0.15) is 0 Å². The van der Waals surface area contributed by atoms with Crippen molar-refractivity contribution in [3.63, 3.8) is 0 Å². The molecular weight excluding hydrogens is 254 g/mol. The molecule has 1 aromatic carbocycles. The summed E-state index contributed by atoms with van der Waals surface area (Å²) in [6.45, 7) is 4.54. The van der Waals surface area contributed by atoms with Crippen molar-refractivity contribution < 1.29 is 9.53 Å². The topological polar surface area (TPSA) is 58.8 Å². The quantitative estimate of drug-likeness (QED) is 0.863. The molecule has 0 saturated carbocycles. The second-order valence-electron chi connectivity index (χ2n) is 5.42. The zero-order valence-electron chi connectivity index (χ0n) is 11.6. The van der Waals surface area contributed by atoms with Crippen LogP contribution in [-0.2, 0) is 4.74 Å². The van der Waals surface area contributed by atoms with E-state index < -0.39 is 0 Å². The number of rotatable bonds is 2. The molecule has 2 aliphatic heterocycles. The number of carbonyl (C=O) groups excluding carboxylic acids is 1. The Labute approximate surface area is 119 Å². The van der Waals surface area contributed by atoms with Gasteiger partial charge in [-0.15, -0.1) is 0 Å². The summed E-state index contributed by atoms with van der Waals surface area (Å²) in [5, 5.41) is 0. The van der Waals surface area contributed by atoms with Gasteiger partial charge in [0.05, 0.1) is 18.8 Å². The lowest BCUT2D eigenvalue weighted by Crippen LogP contribution is -2.38. The predicted molar refractivity (Wildman–Crippen MR) is 78.0 cm³/mol. The molecule has 0 aromatic heterocycles. The van der Waals surface area contributed by atoms with Gasteiger partial charge in [0.15, 0.2) is 0 Å². The van der Waals surface area contributed by atoms with E-state index in [4.69, 9.17) is 10.5 Å². The van der Waals surface area contributed by atoms with E-state index in [0.29, 0.717) is 6.54 Å². The lowest BCUT2D eigenvalue weighted by molar-refractivity contribution is 0.0790. The number of likely N-dealkylation sites (tertiary alicyclic amines) is 1. The third kappa shape index (κ3) is 2.64. The molecule has 0 radical (unpaired) electrons. The molecule has 1 aromatic rings. The molecule has 5 nitrogen and oxygen atoms in total. The van der Waals surface area contributed by atoms with Crippen LogP contribution in [0.1, 0.15) is 16.8 Å². The van der Waals surface area contributed by atoms with Crippen molar-refractivity contribution in [2.45, 2.75) is 12.5 Å². The number of anilines is 1. The highest BCUT2D eigenvalue weighted by molar-refractivity contribution is 6.00. The number of nitrogens with zero attached hydrogens (tertiary/aromatic N) is 2. The van der Waals surface area contributed by atoms with Gasteiger partial charge in [-0.1, -0.05) is 12.1 Å². The summed E-state index contributed by atoms with van der Waals surface area (Å²) in [4.78, 5) is 16.8. The second kappa shape index (κ2) is 5.81. The molecule has 0 bridgehead atoms. The van der Waals surface area contributed by atoms with E-state index in [9.17, 15) is 4.79 Å². The average Bonchev–Trinajstić information content (AvgIpc) is 2.94. The van der Waals surface area contributed by atoms with Crippen LogP contribution in [0.25, 0.3) is 0 Å². The lowest BCUT2D eigenvalue weighted by Gasteiger charge is -2.31. The minimum absolute atomic E-state index is 0.0973. The monoisotopic (exact) mass is 275 g/mol. The van der Waals surface area contributed by atoms with Gasteiger partial charge in [0, 0.05) is 37.9 Å². The fourth-order valence-corrected chi connectivity index (χ4v) is 2.88. The van der Waals surface area contributed by atoms with E-state index >= 15 is 0 Å². The van der Waals surface area contributed by atoms with Crippen LogP contribution in [0.2, 0.25) is 0 Å². The molecule has 20 heavy (non-hydrogen) atoms. The predicted octanol–water partition coefficient (Wildman–Crippen LogP) is 0.696. The normalized spacial score (nSPS) is 23.1. The highest BCUT2D eigenvalue weighted by Gasteiger charge is 2.27. The molecule has 0 aliphatic carbocycles. The largest absolute Gasteiger partial charge is 0.378 e. The minimum atomic E-state index is 0.0973. The Kier molecular flexibility index (Phi) is 3.89. The Bertz CT molecular complexity index is 486. The molecule has 2 saturated heterocycles. The Morgan fingerprint density at radius 1 is 1.20 bits per heavy atom. The van der Waals surface area contributed by atoms with Crippen molar-refractivity contribution in [1.29, 1.82) is 0 Å². The number of ether oxygens (including phenoxy) is 1. The number of amides is 1. The summed E-state index contributed by atoms with van der Waals surface area (Å²) in [6, 6.07) is 7.96. The zero-order valence-corrected chi connectivity index (χ0v) is 11.6. The number of hydrogen-bond acceptors (Lipinski definition) is 4. The Balaban J connectivity index is 1.83. The van der Waals surface area contributed by atoms with Crippen LogP contribution >= 0.6 is 0 Å². The van der Waals surface area contributed by atoms with Crippen LogP contribution in [0.3, 0.4) is 0 Å². The molecule has 0 spiro atoms. The van der Waals surface area contributed by atoms with Gasteiger partial charge in [-0.3, -0.25) is 4.79 Å². The number of para-hydroxylation sites is 1. The molecular formula is C15H21N3O2. The fourth-order valence-electron chi connectivity index (χ4n) is 2.88. The van der Waals surface area contributed by atoms with E-state index in [2.05, 4.69) is 4.90 Å². The number of nitrogens with two attached hydrogens (primary N) is 1. The second-order valence-corrected chi connectivity index (χ2v) is 5.42. The molecule has 2 heterocycles. The van der Waals surface area contributed by atoms with E-state index in [-0.39, 0.29) is 11.9 Å². The van der Waals surface area contributed by atoms with Gasteiger partial charge in [0.25, 0.3) is 5.91 Å². The first kappa shape index (κ1) is 13.4. The standard InChI is InChI=1S/C15H21N3O2/c16-12-5-6-18(11-12)15(19)13-3-1-2-4-14(13)17-7-9-20-10-8-17/h1-4,12H,5-11,16H2. The molecule has 3 rings (SSSR count). The van der Waals surface area contributed by atoms with Crippen molar-refractivity contribution in [2.24, 2.45) is 5.73 Å². The first-order valence-electron chi connectivity index (χ1n) is 7.22. The number of hydrogen-bond donors (Lipinski definition) is 1. The Morgan fingerprint density at radius 3 is 2.65 bits per heavy atom. The maximum Gasteiger partial charge on any atom is 0.256 e. The van der Waals surface area contributed by atoms with E-state index in [0.717, 1.165) is 50.5 Å². The van der Waals surface area contributed by atoms with Crippen LogP contribution in [0, 0.1) is 0 Å². The van der Waals surface area contributed by atoms with Gasteiger partial charge in [-0.25, -0.2) is 0 Å². The molecule has 1 atom stereocenters. The summed E-state index contributed by atoms with van der Waals surface area (Å²) in [6.07, 6.45) is 0.894.